The van der Waals surface area contributed by atoms with Gasteiger partial charge in [-0.25, -0.2) is 9.97 Å². The highest BCUT2D eigenvalue weighted by Crippen LogP contribution is 2.25. The quantitative estimate of drug-likeness (QED) is 0.749. The van der Waals surface area contributed by atoms with Crippen molar-refractivity contribution in [1.82, 2.24) is 15.0 Å². The Morgan fingerprint density at radius 2 is 1.95 bits per heavy atom. The van der Waals surface area contributed by atoms with Crippen molar-refractivity contribution in [1.29, 1.82) is 0 Å². The third-order valence-electron chi connectivity index (χ3n) is 3.64. The Hall–Kier alpha value is -2.20. The van der Waals surface area contributed by atoms with Gasteiger partial charge in [-0.2, -0.15) is 0 Å². The number of nitrogens with zero attached hydrogens (tertiary/aromatic N) is 2. The number of nitrogens with two attached hydrogens (primary N) is 1. The van der Waals surface area contributed by atoms with Crippen LogP contribution in [0.3, 0.4) is 0 Å². The fourth-order valence-electron chi connectivity index (χ4n) is 2.64. The summed E-state index contributed by atoms with van der Waals surface area (Å²) in [6, 6.07) is 6.32. The van der Waals surface area contributed by atoms with Crippen molar-refractivity contribution in [3.8, 4) is 11.4 Å². The molecule has 2 heterocycles. The molecule has 0 saturated carbocycles. The number of aromatic nitrogens is 3. The zero-order valence-corrected chi connectivity index (χ0v) is 12.0. The molecule has 4 heteroatoms. The summed E-state index contributed by atoms with van der Waals surface area (Å²) >= 11 is 0. The second-order valence-corrected chi connectivity index (χ2v) is 5.19. The first-order valence-corrected chi connectivity index (χ1v) is 6.72. The van der Waals surface area contributed by atoms with Crippen molar-refractivity contribution >= 4 is 11.0 Å². The molecule has 2 aromatic heterocycles. The molecule has 3 aromatic rings. The van der Waals surface area contributed by atoms with Gasteiger partial charge in [0.2, 0.25) is 0 Å². The van der Waals surface area contributed by atoms with Crippen LogP contribution in [0.2, 0.25) is 0 Å². The van der Waals surface area contributed by atoms with Crippen LogP contribution in [0.15, 0.2) is 24.4 Å². The number of aryl methyl sites for hydroxylation is 3. The molecule has 0 saturated heterocycles. The third-order valence-corrected chi connectivity index (χ3v) is 3.64. The van der Waals surface area contributed by atoms with E-state index in [1.54, 1.807) is 0 Å². The molecule has 0 atom stereocenters. The SMILES string of the molecule is Cc1ccc(-c2nc(C)c3c(CN)c[nH]c3n2)c(C)c1. The van der Waals surface area contributed by atoms with Crippen LogP contribution in [0.4, 0.5) is 0 Å². The van der Waals surface area contributed by atoms with Gasteiger partial charge in [-0.15, -0.1) is 0 Å². The number of aromatic amines is 1. The van der Waals surface area contributed by atoms with E-state index >= 15 is 0 Å². The first-order chi connectivity index (χ1) is 9.60. The van der Waals surface area contributed by atoms with E-state index in [4.69, 9.17) is 5.73 Å². The van der Waals surface area contributed by atoms with E-state index < -0.39 is 0 Å². The van der Waals surface area contributed by atoms with Gasteiger partial charge in [-0.3, -0.25) is 0 Å². The van der Waals surface area contributed by atoms with Gasteiger partial charge in [0.15, 0.2) is 5.82 Å². The number of hydrogen-bond donors (Lipinski definition) is 2. The van der Waals surface area contributed by atoms with Gasteiger partial charge in [0, 0.05) is 23.7 Å². The molecule has 0 aliphatic carbocycles. The number of hydrogen-bond acceptors (Lipinski definition) is 3. The zero-order chi connectivity index (χ0) is 14.3. The number of benzene rings is 1. The number of H-pyrrole nitrogens is 1. The molecular formula is C16H18N4. The van der Waals surface area contributed by atoms with E-state index in [0.717, 1.165) is 33.7 Å². The molecule has 3 N–H and O–H groups in total. The molecule has 0 aliphatic heterocycles. The van der Waals surface area contributed by atoms with Crippen LogP contribution in [0.5, 0.6) is 0 Å². The van der Waals surface area contributed by atoms with Gasteiger partial charge < -0.3 is 10.7 Å². The van der Waals surface area contributed by atoms with Gasteiger partial charge in [0.05, 0.1) is 5.69 Å². The minimum Gasteiger partial charge on any atom is -0.346 e. The van der Waals surface area contributed by atoms with E-state index in [2.05, 4.69) is 47.0 Å². The fraction of sp³-hybridized carbons (Fsp3) is 0.250. The normalized spacial score (nSPS) is 11.2. The summed E-state index contributed by atoms with van der Waals surface area (Å²) in [5, 5.41) is 1.04. The fourth-order valence-corrected chi connectivity index (χ4v) is 2.64. The first kappa shape index (κ1) is 12.8. The maximum Gasteiger partial charge on any atom is 0.162 e. The van der Waals surface area contributed by atoms with Crippen LogP contribution in [0.1, 0.15) is 22.4 Å². The largest absolute Gasteiger partial charge is 0.346 e. The second kappa shape index (κ2) is 4.72. The van der Waals surface area contributed by atoms with E-state index in [1.807, 2.05) is 13.1 Å². The van der Waals surface area contributed by atoms with Crippen molar-refractivity contribution in [3.05, 3.63) is 46.8 Å². The lowest BCUT2D eigenvalue weighted by atomic mass is 10.0. The maximum absolute atomic E-state index is 5.74. The van der Waals surface area contributed by atoms with Gasteiger partial charge in [-0.05, 0) is 31.9 Å². The van der Waals surface area contributed by atoms with Gasteiger partial charge in [0.25, 0.3) is 0 Å². The van der Waals surface area contributed by atoms with Crippen molar-refractivity contribution in [2.75, 3.05) is 0 Å². The smallest absolute Gasteiger partial charge is 0.162 e. The molecular weight excluding hydrogens is 248 g/mol. The summed E-state index contributed by atoms with van der Waals surface area (Å²) < 4.78 is 0. The van der Waals surface area contributed by atoms with E-state index in [-0.39, 0.29) is 0 Å². The van der Waals surface area contributed by atoms with Crippen LogP contribution in [0.25, 0.3) is 22.4 Å². The lowest BCUT2D eigenvalue weighted by Gasteiger charge is -2.07. The summed E-state index contributed by atoms with van der Waals surface area (Å²) in [6.45, 7) is 6.67. The standard InChI is InChI=1S/C16H18N4/c1-9-4-5-13(10(2)6-9)15-19-11(3)14-12(7-17)8-18-16(14)20-15/h4-6,8H,7,17H2,1-3H3,(H,18,19,20). The van der Waals surface area contributed by atoms with E-state index in [1.165, 1.54) is 11.1 Å². The highest BCUT2D eigenvalue weighted by atomic mass is 15.0. The molecule has 4 nitrogen and oxygen atoms in total. The summed E-state index contributed by atoms with van der Waals surface area (Å²) in [4.78, 5) is 12.5. The average Bonchev–Trinajstić information content (AvgIpc) is 2.82. The van der Waals surface area contributed by atoms with Gasteiger partial charge in [0.1, 0.15) is 5.65 Å². The lowest BCUT2D eigenvalue weighted by molar-refractivity contribution is 1.08. The summed E-state index contributed by atoms with van der Waals surface area (Å²) in [5.74, 6) is 0.762. The summed E-state index contributed by atoms with van der Waals surface area (Å²) in [5.41, 5.74) is 12.1. The summed E-state index contributed by atoms with van der Waals surface area (Å²) in [7, 11) is 0. The molecule has 20 heavy (non-hydrogen) atoms. The Kier molecular flexibility index (Phi) is 3.03. The monoisotopic (exact) mass is 266 g/mol. The Labute approximate surface area is 118 Å². The average molecular weight is 266 g/mol. The molecule has 0 fully saturated rings. The molecule has 0 amide bonds. The number of nitrogens with one attached hydrogen (secondary N) is 1. The van der Waals surface area contributed by atoms with Crippen LogP contribution in [-0.4, -0.2) is 15.0 Å². The van der Waals surface area contributed by atoms with Crippen LogP contribution >= 0.6 is 0 Å². The predicted molar refractivity (Wildman–Crippen MR) is 81.4 cm³/mol. The summed E-state index contributed by atoms with van der Waals surface area (Å²) in [6.07, 6.45) is 1.91. The number of fused-ring (bicyclic) bond motifs is 1. The zero-order valence-electron chi connectivity index (χ0n) is 12.0. The minimum absolute atomic E-state index is 0.493. The first-order valence-electron chi connectivity index (χ1n) is 6.72. The van der Waals surface area contributed by atoms with Crippen molar-refractivity contribution < 1.29 is 0 Å². The van der Waals surface area contributed by atoms with Gasteiger partial charge in [-0.1, -0.05) is 23.8 Å². The highest BCUT2D eigenvalue weighted by molar-refractivity contribution is 5.84. The van der Waals surface area contributed by atoms with Crippen molar-refractivity contribution in [3.63, 3.8) is 0 Å². The Bertz CT molecular complexity index is 787. The molecule has 1 aromatic carbocycles. The highest BCUT2D eigenvalue weighted by Gasteiger charge is 2.12. The van der Waals surface area contributed by atoms with E-state index in [0.29, 0.717) is 6.54 Å². The lowest BCUT2D eigenvalue weighted by Crippen LogP contribution is -1.99. The Morgan fingerprint density at radius 1 is 1.15 bits per heavy atom. The van der Waals surface area contributed by atoms with Crippen LogP contribution in [0, 0.1) is 20.8 Å². The maximum atomic E-state index is 5.74. The molecule has 3 rings (SSSR count). The minimum atomic E-state index is 0.493. The van der Waals surface area contributed by atoms with E-state index in [9.17, 15) is 0 Å². The molecule has 0 spiro atoms. The molecule has 0 bridgehead atoms. The van der Waals surface area contributed by atoms with Crippen LogP contribution < -0.4 is 5.73 Å². The molecule has 0 unspecified atom stereocenters. The molecule has 0 aliphatic rings. The van der Waals surface area contributed by atoms with Gasteiger partial charge >= 0.3 is 0 Å². The van der Waals surface area contributed by atoms with Crippen molar-refractivity contribution in [2.24, 2.45) is 5.73 Å². The third kappa shape index (κ3) is 1.98. The molecule has 102 valence electrons. The molecule has 0 radical (unpaired) electrons. The van der Waals surface area contributed by atoms with Crippen LogP contribution in [-0.2, 0) is 6.54 Å². The second-order valence-electron chi connectivity index (χ2n) is 5.19. The predicted octanol–water partition coefficient (Wildman–Crippen LogP) is 3.01. The Morgan fingerprint density at radius 3 is 2.65 bits per heavy atom. The van der Waals surface area contributed by atoms with Crippen molar-refractivity contribution in [2.45, 2.75) is 27.3 Å². The Balaban J connectivity index is 2.22. The number of rotatable bonds is 2. The topological polar surface area (TPSA) is 67.6 Å².